The van der Waals surface area contributed by atoms with E-state index in [4.69, 9.17) is 5.11 Å². The number of hydrogen-bond donors (Lipinski definition) is 2. The fraction of sp³-hybridized carbons (Fsp3) is 0.333. The molecule has 0 unspecified atom stereocenters. The number of halogens is 3. The molecule has 1 aliphatic carbocycles. The monoisotopic (exact) mass is 273 g/mol. The minimum atomic E-state index is -1.34. The lowest BCUT2D eigenvalue weighted by Gasteiger charge is -2.19. The number of nitrogens with one attached hydrogen (secondary N) is 1. The van der Waals surface area contributed by atoms with Crippen molar-refractivity contribution in [2.75, 3.05) is 0 Å². The van der Waals surface area contributed by atoms with Crippen LogP contribution in [0, 0.1) is 17.5 Å². The summed E-state index contributed by atoms with van der Waals surface area (Å²) in [5.74, 6) is -5.41. The van der Waals surface area contributed by atoms with Crippen LogP contribution in [-0.2, 0) is 15.1 Å². The Morgan fingerprint density at radius 1 is 1.21 bits per heavy atom. The van der Waals surface area contributed by atoms with E-state index in [1.165, 1.54) is 0 Å². The Morgan fingerprint density at radius 2 is 1.74 bits per heavy atom. The molecule has 0 aliphatic heterocycles. The van der Waals surface area contributed by atoms with Crippen LogP contribution in [0.2, 0.25) is 0 Å². The van der Waals surface area contributed by atoms with Crippen molar-refractivity contribution in [3.05, 3.63) is 35.1 Å². The quantitative estimate of drug-likeness (QED) is 0.820. The summed E-state index contributed by atoms with van der Waals surface area (Å²) < 4.78 is 40.0. The molecule has 1 aromatic carbocycles. The number of benzene rings is 1. The van der Waals surface area contributed by atoms with Crippen LogP contribution < -0.4 is 5.32 Å². The summed E-state index contributed by atoms with van der Waals surface area (Å²) in [5, 5.41) is 10.8. The van der Waals surface area contributed by atoms with Gasteiger partial charge in [-0.2, -0.15) is 0 Å². The minimum absolute atomic E-state index is 0.276. The number of carboxylic acids is 1. The Kier molecular flexibility index (Phi) is 3.21. The molecule has 2 rings (SSSR count). The molecule has 0 aromatic heterocycles. The Morgan fingerprint density at radius 3 is 2.16 bits per heavy atom. The molecule has 2 N–H and O–H groups in total. The first-order valence-electron chi connectivity index (χ1n) is 5.52. The van der Waals surface area contributed by atoms with Crippen molar-refractivity contribution < 1.29 is 27.9 Å². The highest BCUT2D eigenvalue weighted by molar-refractivity contribution is 5.93. The normalized spacial score (nSPS) is 15.9. The van der Waals surface area contributed by atoms with Gasteiger partial charge in [-0.25, -0.2) is 13.2 Å². The van der Waals surface area contributed by atoms with Crippen molar-refractivity contribution in [2.24, 2.45) is 0 Å². The SMILES string of the molecule is O=C(O)CC(=O)NC1(c2c(F)cc(F)cc2F)CC1. The molecule has 4 nitrogen and oxygen atoms in total. The molecule has 0 radical (unpaired) electrons. The topological polar surface area (TPSA) is 66.4 Å². The van der Waals surface area contributed by atoms with Gasteiger partial charge in [0.15, 0.2) is 0 Å². The number of carboxylic acid groups (broad SMARTS) is 1. The highest BCUT2D eigenvalue weighted by Gasteiger charge is 2.49. The smallest absolute Gasteiger partial charge is 0.312 e. The number of carbonyl (C=O) groups is 2. The molecule has 1 saturated carbocycles. The lowest BCUT2D eigenvalue weighted by atomic mass is 10.0. The molecule has 7 heteroatoms. The van der Waals surface area contributed by atoms with Gasteiger partial charge in [0.2, 0.25) is 5.91 Å². The third-order valence-corrected chi connectivity index (χ3v) is 2.93. The Labute approximate surface area is 106 Å². The third-order valence-electron chi connectivity index (χ3n) is 2.93. The van der Waals surface area contributed by atoms with Gasteiger partial charge in [-0.15, -0.1) is 0 Å². The number of hydrogen-bond acceptors (Lipinski definition) is 2. The number of carbonyl (C=O) groups excluding carboxylic acids is 1. The van der Waals surface area contributed by atoms with Crippen molar-refractivity contribution in [3.63, 3.8) is 0 Å². The molecule has 0 spiro atoms. The van der Waals surface area contributed by atoms with E-state index in [1.807, 2.05) is 0 Å². The summed E-state index contributed by atoms with van der Waals surface area (Å²) in [5.41, 5.74) is -1.68. The van der Waals surface area contributed by atoms with Gasteiger partial charge in [-0.3, -0.25) is 9.59 Å². The third kappa shape index (κ3) is 2.69. The first-order chi connectivity index (χ1) is 8.84. The Balaban J connectivity index is 2.26. The molecular weight excluding hydrogens is 263 g/mol. The van der Waals surface area contributed by atoms with E-state index < -0.39 is 46.9 Å². The highest BCUT2D eigenvalue weighted by atomic mass is 19.1. The molecule has 1 fully saturated rings. The molecule has 0 atom stereocenters. The van der Waals surface area contributed by atoms with Crippen LogP contribution in [0.25, 0.3) is 0 Å². The summed E-state index contributed by atoms with van der Waals surface area (Å²) in [6, 6.07) is 1.06. The Bertz CT molecular complexity index is 532. The van der Waals surface area contributed by atoms with E-state index in [-0.39, 0.29) is 12.8 Å². The van der Waals surface area contributed by atoms with Crippen LogP contribution in [-0.4, -0.2) is 17.0 Å². The lowest BCUT2D eigenvalue weighted by Crippen LogP contribution is -2.37. The van der Waals surface area contributed by atoms with Crippen LogP contribution in [0.15, 0.2) is 12.1 Å². The van der Waals surface area contributed by atoms with Crippen LogP contribution in [0.1, 0.15) is 24.8 Å². The molecule has 0 bridgehead atoms. The molecule has 19 heavy (non-hydrogen) atoms. The van der Waals surface area contributed by atoms with E-state index in [2.05, 4.69) is 5.32 Å². The predicted molar refractivity (Wildman–Crippen MR) is 57.6 cm³/mol. The first-order valence-corrected chi connectivity index (χ1v) is 5.52. The maximum Gasteiger partial charge on any atom is 0.312 e. The van der Waals surface area contributed by atoms with E-state index >= 15 is 0 Å². The van der Waals surface area contributed by atoms with Crippen LogP contribution in [0.4, 0.5) is 13.2 Å². The number of aliphatic carboxylic acids is 1. The van der Waals surface area contributed by atoms with Gasteiger partial charge in [-0.1, -0.05) is 0 Å². The zero-order valence-corrected chi connectivity index (χ0v) is 9.67. The van der Waals surface area contributed by atoms with Crippen LogP contribution in [0.3, 0.4) is 0 Å². The maximum absolute atomic E-state index is 13.6. The average molecular weight is 273 g/mol. The van der Waals surface area contributed by atoms with E-state index in [9.17, 15) is 22.8 Å². The first kappa shape index (κ1) is 13.4. The summed E-state index contributed by atoms with van der Waals surface area (Å²) >= 11 is 0. The largest absolute Gasteiger partial charge is 0.481 e. The summed E-state index contributed by atoms with van der Waals surface area (Å²) in [6.45, 7) is 0. The van der Waals surface area contributed by atoms with Crippen molar-refractivity contribution in [2.45, 2.75) is 24.8 Å². The zero-order valence-electron chi connectivity index (χ0n) is 9.67. The molecule has 102 valence electrons. The second kappa shape index (κ2) is 4.56. The predicted octanol–water partition coefficient (Wildman–Crippen LogP) is 1.68. The second-order valence-electron chi connectivity index (χ2n) is 4.45. The van der Waals surface area contributed by atoms with E-state index in [1.54, 1.807) is 0 Å². The van der Waals surface area contributed by atoms with E-state index in [0.29, 0.717) is 12.1 Å². The van der Waals surface area contributed by atoms with E-state index in [0.717, 1.165) is 0 Å². The van der Waals surface area contributed by atoms with Crippen molar-refractivity contribution in [1.29, 1.82) is 0 Å². The standard InChI is InChI=1S/C12H10F3NO3/c13-6-3-7(14)11(8(15)4-6)12(1-2-12)16-9(17)5-10(18)19/h3-4H,1-2,5H2,(H,16,17)(H,18,19). The summed E-state index contributed by atoms with van der Waals surface area (Å²) in [6.07, 6.45) is -0.234. The summed E-state index contributed by atoms with van der Waals surface area (Å²) in [7, 11) is 0. The van der Waals surface area contributed by atoms with Gasteiger partial charge >= 0.3 is 5.97 Å². The highest BCUT2D eigenvalue weighted by Crippen LogP contribution is 2.47. The van der Waals surface area contributed by atoms with Crippen molar-refractivity contribution >= 4 is 11.9 Å². The molecule has 0 saturated heterocycles. The number of amides is 1. The van der Waals surface area contributed by atoms with Crippen LogP contribution >= 0.6 is 0 Å². The molecule has 1 aromatic rings. The van der Waals surface area contributed by atoms with Gasteiger partial charge in [0.1, 0.15) is 23.9 Å². The van der Waals surface area contributed by atoms with Gasteiger partial charge < -0.3 is 10.4 Å². The fourth-order valence-corrected chi connectivity index (χ4v) is 2.01. The Hall–Kier alpha value is -2.05. The maximum atomic E-state index is 13.6. The summed E-state index contributed by atoms with van der Waals surface area (Å²) in [4.78, 5) is 21.7. The van der Waals surface area contributed by atoms with Crippen molar-refractivity contribution in [3.8, 4) is 0 Å². The average Bonchev–Trinajstić information content (AvgIpc) is 2.94. The molecule has 1 aliphatic rings. The fourth-order valence-electron chi connectivity index (χ4n) is 2.01. The number of rotatable bonds is 4. The second-order valence-corrected chi connectivity index (χ2v) is 4.45. The van der Waals surface area contributed by atoms with Gasteiger partial charge in [0, 0.05) is 17.7 Å². The lowest BCUT2D eigenvalue weighted by molar-refractivity contribution is -0.140. The minimum Gasteiger partial charge on any atom is -0.481 e. The van der Waals surface area contributed by atoms with Crippen molar-refractivity contribution in [1.82, 2.24) is 5.32 Å². The van der Waals surface area contributed by atoms with Gasteiger partial charge in [-0.05, 0) is 12.8 Å². The van der Waals surface area contributed by atoms with Gasteiger partial charge in [0.05, 0.1) is 5.54 Å². The van der Waals surface area contributed by atoms with Crippen LogP contribution in [0.5, 0.6) is 0 Å². The molecule has 0 heterocycles. The van der Waals surface area contributed by atoms with Gasteiger partial charge in [0.25, 0.3) is 0 Å². The molecular formula is C12H10F3NO3. The molecule has 1 amide bonds. The zero-order chi connectivity index (χ0) is 14.2.